The van der Waals surface area contributed by atoms with E-state index < -0.39 is 5.95 Å². The normalized spacial score (nSPS) is 10.3. The molecule has 0 aliphatic carbocycles. The summed E-state index contributed by atoms with van der Waals surface area (Å²) in [5.41, 5.74) is 1.32. The number of hydrogen-bond donors (Lipinski definition) is 1. The summed E-state index contributed by atoms with van der Waals surface area (Å²) in [6.45, 7) is 0. The first-order chi connectivity index (χ1) is 9.70. The lowest BCUT2D eigenvalue weighted by Crippen LogP contribution is -2.00. The van der Waals surface area contributed by atoms with Gasteiger partial charge in [-0.1, -0.05) is 30.3 Å². The summed E-state index contributed by atoms with van der Waals surface area (Å²) in [4.78, 5) is 12.4. The third kappa shape index (κ3) is 1.82. The first kappa shape index (κ1) is 12.0. The van der Waals surface area contributed by atoms with Crippen molar-refractivity contribution < 1.29 is 14.3 Å². The maximum Gasteiger partial charge on any atom is 0.294 e. The Morgan fingerprint density at radius 2 is 1.90 bits per heavy atom. The molecule has 0 unspecified atom stereocenters. The predicted octanol–water partition coefficient (Wildman–Crippen LogP) is 3.24. The van der Waals surface area contributed by atoms with Crippen molar-refractivity contribution >= 4 is 16.8 Å². The second kappa shape index (κ2) is 4.56. The number of furan rings is 1. The van der Waals surface area contributed by atoms with E-state index in [4.69, 9.17) is 9.68 Å². The van der Waals surface area contributed by atoms with Crippen LogP contribution in [-0.4, -0.2) is 10.9 Å². The Morgan fingerprint density at radius 3 is 2.60 bits per heavy atom. The molecule has 96 valence electrons. The van der Waals surface area contributed by atoms with E-state index >= 15 is 0 Å². The summed E-state index contributed by atoms with van der Waals surface area (Å²) < 4.78 is 5.17. The topological polar surface area (TPSA) is 74.2 Å². The van der Waals surface area contributed by atoms with Gasteiger partial charge < -0.3 is 9.52 Å². The number of carbonyl (C=O) groups is 1. The number of nitrogens with zero attached hydrogens (tertiary/aromatic N) is 1. The molecular weight excluding hydrogens is 254 g/mol. The molecule has 1 aromatic heterocycles. The summed E-state index contributed by atoms with van der Waals surface area (Å²) in [5.74, 6) is -0.740. The van der Waals surface area contributed by atoms with Crippen molar-refractivity contribution in [1.29, 1.82) is 5.26 Å². The minimum absolute atomic E-state index is 0.121. The molecule has 2 aromatic carbocycles. The Balaban J connectivity index is 2.20. The molecule has 0 atom stereocenters. The van der Waals surface area contributed by atoms with Crippen molar-refractivity contribution in [3.63, 3.8) is 0 Å². The van der Waals surface area contributed by atoms with Crippen molar-refractivity contribution in [1.82, 2.24) is 0 Å². The molecule has 3 rings (SSSR count). The van der Waals surface area contributed by atoms with Crippen LogP contribution in [0, 0.1) is 11.3 Å². The number of aromatic hydroxyl groups is 1. The van der Waals surface area contributed by atoms with Crippen LogP contribution < -0.4 is 0 Å². The minimum atomic E-state index is -0.427. The van der Waals surface area contributed by atoms with Gasteiger partial charge in [0.25, 0.3) is 5.95 Å². The van der Waals surface area contributed by atoms with Crippen LogP contribution in [0.2, 0.25) is 0 Å². The standard InChI is InChI=1S/C16H9NO3/c17-9-10-6-7-12-13(8-10)20-16(19)14(12)15(18)11-4-2-1-3-5-11/h1-8,19H. The Bertz CT molecular complexity index is 841. The lowest BCUT2D eigenvalue weighted by atomic mass is 10.0. The van der Waals surface area contributed by atoms with Gasteiger partial charge in [-0.2, -0.15) is 5.26 Å². The molecule has 4 nitrogen and oxygen atoms in total. The van der Waals surface area contributed by atoms with Crippen LogP contribution in [0.5, 0.6) is 5.95 Å². The van der Waals surface area contributed by atoms with Crippen LogP contribution in [-0.2, 0) is 0 Å². The van der Waals surface area contributed by atoms with Crippen molar-refractivity contribution in [2.24, 2.45) is 0 Å². The first-order valence-corrected chi connectivity index (χ1v) is 5.96. The molecule has 0 saturated carbocycles. The molecule has 0 aliphatic rings. The Hall–Kier alpha value is -3.06. The quantitative estimate of drug-likeness (QED) is 0.720. The molecule has 0 bridgehead atoms. The fraction of sp³-hybridized carbons (Fsp3) is 0. The highest BCUT2D eigenvalue weighted by Gasteiger charge is 2.21. The van der Waals surface area contributed by atoms with Crippen LogP contribution in [0.15, 0.2) is 52.9 Å². The summed E-state index contributed by atoms with van der Waals surface area (Å²) in [6.07, 6.45) is 0. The zero-order valence-corrected chi connectivity index (χ0v) is 10.3. The minimum Gasteiger partial charge on any atom is -0.480 e. The van der Waals surface area contributed by atoms with E-state index in [9.17, 15) is 9.90 Å². The Labute approximate surface area is 114 Å². The molecular formula is C16H9NO3. The van der Waals surface area contributed by atoms with E-state index in [0.29, 0.717) is 22.1 Å². The van der Waals surface area contributed by atoms with E-state index in [-0.39, 0.29) is 11.3 Å². The number of fused-ring (bicyclic) bond motifs is 1. The first-order valence-electron chi connectivity index (χ1n) is 5.96. The summed E-state index contributed by atoms with van der Waals surface area (Å²) >= 11 is 0. The second-order valence-corrected chi connectivity index (χ2v) is 4.30. The van der Waals surface area contributed by atoms with Crippen LogP contribution >= 0.6 is 0 Å². The van der Waals surface area contributed by atoms with Gasteiger partial charge in [0.2, 0.25) is 5.78 Å². The zero-order valence-electron chi connectivity index (χ0n) is 10.3. The van der Waals surface area contributed by atoms with Gasteiger partial charge >= 0.3 is 0 Å². The van der Waals surface area contributed by atoms with Gasteiger partial charge in [-0.05, 0) is 18.2 Å². The molecule has 0 saturated heterocycles. The molecule has 1 N–H and O–H groups in total. The largest absolute Gasteiger partial charge is 0.480 e. The summed E-state index contributed by atoms with van der Waals surface area (Å²) in [7, 11) is 0. The van der Waals surface area contributed by atoms with Gasteiger partial charge in [0.15, 0.2) is 0 Å². The smallest absolute Gasteiger partial charge is 0.294 e. The second-order valence-electron chi connectivity index (χ2n) is 4.30. The highest BCUT2D eigenvalue weighted by atomic mass is 16.5. The number of benzene rings is 2. The lowest BCUT2D eigenvalue weighted by molar-refractivity contribution is 0.103. The van der Waals surface area contributed by atoms with Crippen molar-refractivity contribution in [2.45, 2.75) is 0 Å². The molecule has 3 aromatic rings. The van der Waals surface area contributed by atoms with Gasteiger partial charge in [0.1, 0.15) is 11.1 Å². The van der Waals surface area contributed by atoms with Crippen molar-refractivity contribution in [3.05, 3.63) is 65.2 Å². The Morgan fingerprint density at radius 1 is 1.15 bits per heavy atom. The van der Waals surface area contributed by atoms with E-state index in [0.717, 1.165) is 0 Å². The number of carbonyl (C=O) groups excluding carboxylic acids is 1. The number of hydrogen-bond acceptors (Lipinski definition) is 4. The van der Waals surface area contributed by atoms with E-state index in [2.05, 4.69) is 0 Å². The lowest BCUT2D eigenvalue weighted by Gasteiger charge is -1.99. The monoisotopic (exact) mass is 263 g/mol. The highest BCUT2D eigenvalue weighted by molar-refractivity contribution is 6.17. The van der Waals surface area contributed by atoms with Crippen molar-refractivity contribution in [2.75, 3.05) is 0 Å². The molecule has 0 spiro atoms. The van der Waals surface area contributed by atoms with Gasteiger partial charge in [0, 0.05) is 10.9 Å². The van der Waals surface area contributed by atoms with E-state index in [1.807, 2.05) is 12.1 Å². The van der Waals surface area contributed by atoms with Gasteiger partial charge in [-0.25, -0.2) is 0 Å². The van der Waals surface area contributed by atoms with Gasteiger partial charge in [-0.15, -0.1) is 0 Å². The fourth-order valence-electron chi connectivity index (χ4n) is 2.11. The maximum atomic E-state index is 12.4. The summed E-state index contributed by atoms with van der Waals surface area (Å²) in [6, 6.07) is 15.3. The Kier molecular flexibility index (Phi) is 2.73. The molecule has 0 amide bonds. The third-order valence-electron chi connectivity index (χ3n) is 3.06. The average molecular weight is 263 g/mol. The van der Waals surface area contributed by atoms with Crippen LogP contribution in [0.1, 0.15) is 21.5 Å². The zero-order chi connectivity index (χ0) is 14.1. The van der Waals surface area contributed by atoms with Gasteiger partial charge in [0.05, 0.1) is 11.6 Å². The fourth-order valence-corrected chi connectivity index (χ4v) is 2.11. The molecule has 1 heterocycles. The SMILES string of the molecule is N#Cc1ccc2c(C(=O)c3ccccc3)c(O)oc2c1. The molecule has 0 radical (unpaired) electrons. The van der Waals surface area contributed by atoms with Gasteiger partial charge in [-0.3, -0.25) is 4.79 Å². The average Bonchev–Trinajstić information content (AvgIpc) is 2.82. The van der Waals surface area contributed by atoms with Crippen molar-refractivity contribution in [3.8, 4) is 12.0 Å². The molecule has 0 fully saturated rings. The maximum absolute atomic E-state index is 12.4. The van der Waals surface area contributed by atoms with E-state index in [1.54, 1.807) is 36.4 Å². The number of ketones is 1. The van der Waals surface area contributed by atoms with E-state index in [1.165, 1.54) is 6.07 Å². The predicted molar refractivity (Wildman–Crippen MR) is 72.5 cm³/mol. The van der Waals surface area contributed by atoms with Crippen LogP contribution in [0.25, 0.3) is 11.0 Å². The molecule has 20 heavy (non-hydrogen) atoms. The molecule has 4 heteroatoms. The third-order valence-corrected chi connectivity index (χ3v) is 3.06. The highest BCUT2D eigenvalue weighted by Crippen LogP contribution is 2.33. The van der Waals surface area contributed by atoms with Crippen LogP contribution in [0.4, 0.5) is 0 Å². The number of nitriles is 1. The van der Waals surface area contributed by atoms with Crippen LogP contribution in [0.3, 0.4) is 0 Å². The molecule has 0 aliphatic heterocycles. The summed E-state index contributed by atoms with van der Waals surface area (Å²) in [5, 5.41) is 19.2. The number of rotatable bonds is 2.